The highest BCUT2D eigenvalue weighted by Crippen LogP contribution is 2.34. The Kier molecular flexibility index (Phi) is 4.97. The maximum absolute atomic E-state index is 6.07. The monoisotopic (exact) mass is 286 g/mol. The molecular weight excluding hydrogens is 256 g/mol. The first-order chi connectivity index (χ1) is 10.3. The number of nitrogens with two attached hydrogens (primary N) is 1. The van der Waals surface area contributed by atoms with Gasteiger partial charge in [-0.3, -0.25) is 4.90 Å². The van der Waals surface area contributed by atoms with Crippen molar-refractivity contribution in [3.63, 3.8) is 0 Å². The molecule has 1 saturated heterocycles. The minimum atomic E-state index is 0.609. The zero-order chi connectivity index (χ0) is 14.7. The average molecular weight is 286 g/mol. The van der Waals surface area contributed by atoms with E-state index in [4.69, 9.17) is 5.73 Å². The lowest BCUT2D eigenvalue weighted by Crippen LogP contribution is -2.48. The molecule has 1 aromatic carbocycles. The normalized spacial score (nSPS) is 30.1. The Balaban J connectivity index is 1.69. The first-order valence-corrected chi connectivity index (χ1v) is 8.83. The van der Waals surface area contributed by atoms with Crippen LogP contribution in [0.2, 0.25) is 0 Å². The average Bonchev–Trinajstić information content (AvgIpc) is 2.55. The fraction of sp³-hybridized carbons (Fsp3) is 0.684. The van der Waals surface area contributed by atoms with Gasteiger partial charge in [-0.05, 0) is 61.6 Å². The summed E-state index contributed by atoms with van der Waals surface area (Å²) in [5.41, 5.74) is 9.26. The Morgan fingerprint density at radius 3 is 2.90 bits per heavy atom. The van der Waals surface area contributed by atoms with Crippen molar-refractivity contribution in [2.24, 2.45) is 11.7 Å². The molecule has 1 aliphatic heterocycles. The molecule has 1 aliphatic carbocycles. The molecule has 0 bridgehead atoms. The highest BCUT2D eigenvalue weighted by atomic mass is 15.2. The molecule has 21 heavy (non-hydrogen) atoms. The lowest BCUT2D eigenvalue weighted by Gasteiger charge is -2.41. The zero-order valence-corrected chi connectivity index (χ0v) is 13.4. The van der Waals surface area contributed by atoms with Crippen molar-refractivity contribution in [2.75, 3.05) is 19.6 Å². The summed E-state index contributed by atoms with van der Waals surface area (Å²) in [7, 11) is 0. The van der Waals surface area contributed by atoms with Gasteiger partial charge >= 0.3 is 0 Å². The van der Waals surface area contributed by atoms with Gasteiger partial charge in [0.25, 0.3) is 0 Å². The van der Waals surface area contributed by atoms with E-state index in [1.54, 1.807) is 11.1 Å². The Morgan fingerprint density at radius 2 is 2.10 bits per heavy atom. The maximum Gasteiger partial charge on any atom is 0.0221 e. The van der Waals surface area contributed by atoms with Gasteiger partial charge in [0, 0.05) is 19.1 Å². The van der Waals surface area contributed by atoms with Crippen LogP contribution in [0.1, 0.15) is 56.1 Å². The van der Waals surface area contributed by atoms with Crippen molar-refractivity contribution in [3.05, 3.63) is 35.4 Å². The predicted molar refractivity (Wildman–Crippen MR) is 89.6 cm³/mol. The Morgan fingerprint density at radius 1 is 1.24 bits per heavy atom. The van der Waals surface area contributed by atoms with Gasteiger partial charge in [-0.1, -0.05) is 37.6 Å². The van der Waals surface area contributed by atoms with Crippen LogP contribution in [0.25, 0.3) is 0 Å². The molecule has 3 atom stereocenters. The van der Waals surface area contributed by atoms with E-state index in [-0.39, 0.29) is 0 Å². The van der Waals surface area contributed by atoms with Gasteiger partial charge in [-0.15, -0.1) is 0 Å². The second kappa shape index (κ2) is 6.93. The number of benzene rings is 1. The molecule has 1 heterocycles. The van der Waals surface area contributed by atoms with Crippen LogP contribution in [0.15, 0.2) is 24.3 Å². The molecule has 116 valence electrons. The van der Waals surface area contributed by atoms with E-state index < -0.39 is 0 Å². The van der Waals surface area contributed by atoms with Crippen LogP contribution in [0, 0.1) is 5.92 Å². The van der Waals surface area contributed by atoms with E-state index in [9.17, 15) is 0 Å². The number of aryl methyl sites for hydroxylation is 1. The van der Waals surface area contributed by atoms with Crippen molar-refractivity contribution in [1.29, 1.82) is 0 Å². The highest BCUT2D eigenvalue weighted by molar-refractivity contribution is 5.32. The smallest absolute Gasteiger partial charge is 0.0221 e. The van der Waals surface area contributed by atoms with Gasteiger partial charge in [0.15, 0.2) is 0 Å². The highest BCUT2D eigenvalue weighted by Gasteiger charge is 2.30. The lowest BCUT2D eigenvalue weighted by atomic mass is 9.81. The number of hydrogen-bond donors (Lipinski definition) is 1. The summed E-state index contributed by atoms with van der Waals surface area (Å²) in [5, 5.41) is 0. The molecule has 0 aromatic heterocycles. The second-order valence-electron chi connectivity index (χ2n) is 6.97. The van der Waals surface area contributed by atoms with E-state index in [0.29, 0.717) is 6.04 Å². The molecule has 0 radical (unpaired) electrons. The predicted octanol–water partition coefficient (Wildman–Crippen LogP) is 3.56. The van der Waals surface area contributed by atoms with Crippen molar-refractivity contribution < 1.29 is 0 Å². The van der Waals surface area contributed by atoms with Crippen LogP contribution in [-0.2, 0) is 6.42 Å². The maximum atomic E-state index is 6.07. The van der Waals surface area contributed by atoms with E-state index in [0.717, 1.165) is 18.4 Å². The summed E-state index contributed by atoms with van der Waals surface area (Å²) in [6, 6.07) is 9.69. The van der Waals surface area contributed by atoms with Crippen LogP contribution >= 0.6 is 0 Å². The molecule has 3 rings (SSSR count). The second-order valence-corrected chi connectivity index (χ2v) is 6.97. The van der Waals surface area contributed by atoms with Gasteiger partial charge in [0.1, 0.15) is 0 Å². The van der Waals surface area contributed by atoms with E-state index in [2.05, 4.69) is 36.1 Å². The van der Waals surface area contributed by atoms with Crippen molar-refractivity contribution >= 4 is 0 Å². The van der Waals surface area contributed by atoms with E-state index >= 15 is 0 Å². The van der Waals surface area contributed by atoms with E-state index in [1.807, 2.05) is 0 Å². The lowest BCUT2D eigenvalue weighted by molar-refractivity contribution is 0.105. The summed E-state index contributed by atoms with van der Waals surface area (Å²) in [6.45, 7) is 5.62. The molecule has 2 nitrogen and oxygen atoms in total. The molecule has 2 aliphatic rings. The summed E-state index contributed by atoms with van der Waals surface area (Å²) < 4.78 is 0. The number of hydrogen-bond acceptors (Lipinski definition) is 2. The third-order valence-electron chi connectivity index (χ3n) is 5.74. The van der Waals surface area contributed by atoms with Crippen LogP contribution < -0.4 is 5.73 Å². The number of nitrogens with zero attached hydrogens (tertiary/aromatic N) is 1. The molecule has 0 amide bonds. The van der Waals surface area contributed by atoms with Gasteiger partial charge in [-0.2, -0.15) is 0 Å². The van der Waals surface area contributed by atoms with Gasteiger partial charge in [0.2, 0.25) is 0 Å². The summed E-state index contributed by atoms with van der Waals surface area (Å²) >= 11 is 0. The molecule has 0 saturated carbocycles. The van der Waals surface area contributed by atoms with Crippen LogP contribution in [0.3, 0.4) is 0 Å². The first kappa shape index (κ1) is 15.1. The molecule has 2 N–H and O–H groups in total. The summed E-state index contributed by atoms with van der Waals surface area (Å²) in [5.74, 6) is 1.62. The molecule has 0 spiro atoms. The zero-order valence-electron chi connectivity index (χ0n) is 13.4. The van der Waals surface area contributed by atoms with Gasteiger partial charge in [-0.25, -0.2) is 0 Å². The molecule has 1 fully saturated rings. The van der Waals surface area contributed by atoms with Crippen LogP contribution in [0.5, 0.6) is 0 Å². The Hall–Kier alpha value is -0.860. The van der Waals surface area contributed by atoms with Crippen LogP contribution in [-0.4, -0.2) is 30.6 Å². The Labute approximate surface area is 129 Å². The van der Waals surface area contributed by atoms with Crippen LogP contribution in [0.4, 0.5) is 0 Å². The minimum Gasteiger partial charge on any atom is -0.329 e. The fourth-order valence-electron chi connectivity index (χ4n) is 4.37. The minimum absolute atomic E-state index is 0.609. The fourth-order valence-corrected chi connectivity index (χ4v) is 4.37. The van der Waals surface area contributed by atoms with E-state index in [1.165, 1.54) is 51.6 Å². The number of piperidine rings is 1. The number of fused-ring (bicyclic) bond motifs is 1. The molecule has 1 aromatic rings. The van der Waals surface area contributed by atoms with Crippen molar-refractivity contribution in [1.82, 2.24) is 4.90 Å². The first-order valence-electron chi connectivity index (χ1n) is 8.83. The van der Waals surface area contributed by atoms with Crippen molar-refractivity contribution in [3.8, 4) is 0 Å². The number of rotatable bonds is 4. The third kappa shape index (κ3) is 3.32. The third-order valence-corrected chi connectivity index (χ3v) is 5.74. The van der Waals surface area contributed by atoms with Gasteiger partial charge in [0.05, 0.1) is 0 Å². The van der Waals surface area contributed by atoms with Gasteiger partial charge < -0.3 is 5.73 Å². The summed E-state index contributed by atoms with van der Waals surface area (Å²) in [6.07, 6.45) is 7.95. The van der Waals surface area contributed by atoms with Crippen molar-refractivity contribution in [2.45, 2.75) is 57.4 Å². The molecule has 3 unspecified atom stereocenters. The summed E-state index contributed by atoms with van der Waals surface area (Å²) in [4.78, 5) is 2.69. The molecular formula is C19H30N2. The standard InChI is InChI=1S/C19H30N2/c1-2-15-10-11-21(18(12-15)13-20)14-17-8-5-7-16-6-3-4-9-19(16)17/h3-4,6,9,15,17-18H,2,5,7-8,10-14,20H2,1H3. The Bertz CT molecular complexity index is 457. The molecule has 2 heteroatoms. The quantitative estimate of drug-likeness (QED) is 0.917. The topological polar surface area (TPSA) is 29.3 Å². The number of likely N-dealkylation sites (tertiary alicyclic amines) is 1. The largest absolute Gasteiger partial charge is 0.329 e. The SMILES string of the molecule is CCC1CCN(CC2CCCc3ccccc32)C(CN)C1.